The lowest BCUT2D eigenvalue weighted by atomic mass is 10.1. The maximum absolute atomic E-state index is 5.38. The van der Waals surface area contributed by atoms with Crippen LogP contribution in [0.3, 0.4) is 0 Å². The molecule has 94 valence electrons. The summed E-state index contributed by atoms with van der Waals surface area (Å²) in [6.45, 7) is 5.57. The number of ether oxygens (including phenoxy) is 1. The van der Waals surface area contributed by atoms with Crippen molar-refractivity contribution in [2.24, 2.45) is 0 Å². The second-order valence-corrected chi connectivity index (χ2v) is 5.47. The molecule has 4 nitrogen and oxygen atoms in total. The van der Waals surface area contributed by atoms with Crippen LogP contribution in [-0.4, -0.2) is 28.0 Å². The molecular weight excluding hydrogens is 294 g/mol. The lowest BCUT2D eigenvalue weighted by molar-refractivity contribution is 0.216. The highest BCUT2D eigenvalue weighted by Gasteiger charge is 2.18. The van der Waals surface area contributed by atoms with E-state index in [1.807, 2.05) is 16.9 Å². The number of pyridine rings is 1. The van der Waals surface area contributed by atoms with Crippen LogP contribution in [0.15, 0.2) is 22.9 Å². The lowest BCUT2D eigenvalue weighted by Gasteiger charge is -2.06. The van der Waals surface area contributed by atoms with Crippen LogP contribution in [0, 0.1) is 0 Å². The van der Waals surface area contributed by atoms with Crippen molar-refractivity contribution < 1.29 is 4.74 Å². The van der Waals surface area contributed by atoms with Gasteiger partial charge in [0, 0.05) is 23.2 Å². The molecule has 0 radical (unpaired) electrons. The van der Waals surface area contributed by atoms with E-state index in [1.54, 1.807) is 0 Å². The monoisotopic (exact) mass is 307 g/mol. The summed E-state index contributed by atoms with van der Waals surface area (Å²) in [5.74, 6) is 0. The van der Waals surface area contributed by atoms with E-state index in [9.17, 15) is 0 Å². The van der Waals surface area contributed by atoms with E-state index in [1.165, 1.54) is 0 Å². The molecule has 2 aromatic heterocycles. The molecule has 0 saturated carbocycles. The fourth-order valence-corrected chi connectivity index (χ4v) is 2.51. The molecule has 3 rings (SSSR count). The SMILES string of the molecule is CC(C)n1nc(C2=CCOC2)c2cnc(Br)cc21. The van der Waals surface area contributed by atoms with Crippen LogP contribution in [0.1, 0.15) is 25.6 Å². The predicted molar refractivity (Wildman–Crippen MR) is 74.4 cm³/mol. The van der Waals surface area contributed by atoms with Crippen molar-refractivity contribution in [3.8, 4) is 0 Å². The highest BCUT2D eigenvalue weighted by Crippen LogP contribution is 2.29. The average Bonchev–Trinajstić information content (AvgIpc) is 2.93. The van der Waals surface area contributed by atoms with Gasteiger partial charge in [0.25, 0.3) is 0 Å². The number of halogens is 1. The molecule has 0 amide bonds. The fourth-order valence-electron chi connectivity index (χ4n) is 2.19. The number of aromatic nitrogens is 3. The summed E-state index contributed by atoms with van der Waals surface area (Å²) in [5, 5.41) is 5.81. The molecule has 0 aromatic carbocycles. The second-order valence-electron chi connectivity index (χ2n) is 4.66. The molecule has 0 bridgehead atoms. The zero-order valence-electron chi connectivity index (χ0n) is 10.4. The molecule has 2 aromatic rings. The van der Waals surface area contributed by atoms with Crippen molar-refractivity contribution in [1.82, 2.24) is 14.8 Å². The van der Waals surface area contributed by atoms with Gasteiger partial charge >= 0.3 is 0 Å². The number of hydrogen-bond acceptors (Lipinski definition) is 3. The van der Waals surface area contributed by atoms with Gasteiger partial charge in [0.05, 0.1) is 24.4 Å². The van der Waals surface area contributed by atoms with Gasteiger partial charge in [-0.15, -0.1) is 0 Å². The van der Waals surface area contributed by atoms with E-state index in [0.29, 0.717) is 19.3 Å². The van der Waals surface area contributed by atoms with Crippen LogP contribution in [0.5, 0.6) is 0 Å². The summed E-state index contributed by atoms with van der Waals surface area (Å²) in [6, 6.07) is 2.33. The molecular formula is C13H14BrN3O. The first-order valence-corrected chi connectivity index (χ1v) is 6.77. The highest BCUT2D eigenvalue weighted by atomic mass is 79.9. The zero-order chi connectivity index (χ0) is 12.7. The number of fused-ring (bicyclic) bond motifs is 1. The van der Waals surface area contributed by atoms with Gasteiger partial charge in [0.2, 0.25) is 0 Å². The molecule has 0 spiro atoms. The normalized spacial score (nSPS) is 15.7. The Labute approximate surface area is 114 Å². The van der Waals surface area contributed by atoms with Gasteiger partial charge < -0.3 is 4.74 Å². The summed E-state index contributed by atoms with van der Waals surface area (Å²) < 4.78 is 8.25. The van der Waals surface area contributed by atoms with Gasteiger partial charge in [0.15, 0.2) is 0 Å². The Bertz CT molecular complexity index is 630. The largest absolute Gasteiger partial charge is 0.373 e. The summed E-state index contributed by atoms with van der Waals surface area (Å²) in [7, 11) is 0. The van der Waals surface area contributed by atoms with Gasteiger partial charge in [-0.2, -0.15) is 5.10 Å². The van der Waals surface area contributed by atoms with Gasteiger partial charge in [-0.25, -0.2) is 4.98 Å². The first-order chi connectivity index (χ1) is 8.66. The van der Waals surface area contributed by atoms with E-state index in [0.717, 1.165) is 26.8 Å². The van der Waals surface area contributed by atoms with Crippen molar-refractivity contribution in [2.45, 2.75) is 19.9 Å². The first-order valence-electron chi connectivity index (χ1n) is 5.97. The van der Waals surface area contributed by atoms with Gasteiger partial charge in [0.1, 0.15) is 4.60 Å². The van der Waals surface area contributed by atoms with E-state index in [-0.39, 0.29) is 0 Å². The smallest absolute Gasteiger partial charge is 0.108 e. The van der Waals surface area contributed by atoms with Gasteiger partial charge in [-0.3, -0.25) is 4.68 Å². The molecule has 0 atom stereocenters. The van der Waals surface area contributed by atoms with Crippen molar-refractivity contribution >= 4 is 32.4 Å². The van der Waals surface area contributed by atoms with E-state index in [4.69, 9.17) is 9.84 Å². The van der Waals surface area contributed by atoms with Crippen LogP contribution in [-0.2, 0) is 4.74 Å². The topological polar surface area (TPSA) is 39.9 Å². The molecule has 1 aliphatic heterocycles. The minimum atomic E-state index is 0.318. The van der Waals surface area contributed by atoms with Gasteiger partial charge in [-0.1, -0.05) is 6.08 Å². The third-order valence-electron chi connectivity index (χ3n) is 3.06. The Morgan fingerprint density at radius 3 is 2.94 bits per heavy atom. The first kappa shape index (κ1) is 11.9. The third kappa shape index (κ3) is 1.87. The molecule has 5 heteroatoms. The average molecular weight is 308 g/mol. The summed E-state index contributed by atoms with van der Waals surface area (Å²) in [5.41, 5.74) is 3.26. The molecule has 0 N–H and O–H groups in total. The highest BCUT2D eigenvalue weighted by molar-refractivity contribution is 9.10. The minimum Gasteiger partial charge on any atom is -0.373 e. The van der Waals surface area contributed by atoms with Crippen LogP contribution >= 0.6 is 15.9 Å². The summed E-state index contributed by atoms with van der Waals surface area (Å²) >= 11 is 3.42. The van der Waals surface area contributed by atoms with Crippen LogP contribution in [0.2, 0.25) is 0 Å². The van der Waals surface area contributed by atoms with Crippen molar-refractivity contribution in [1.29, 1.82) is 0 Å². The van der Waals surface area contributed by atoms with Crippen LogP contribution < -0.4 is 0 Å². The second kappa shape index (κ2) is 4.48. The zero-order valence-corrected chi connectivity index (χ0v) is 11.9. The molecule has 0 saturated heterocycles. The summed E-state index contributed by atoms with van der Waals surface area (Å²) in [6.07, 6.45) is 3.97. The number of rotatable bonds is 2. The third-order valence-corrected chi connectivity index (χ3v) is 3.49. The van der Waals surface area contributed by atoms with E-state index in [2.05, 4.69) is 40.8 Å². The van der Waals surface area contributed by atoms with Crippen LogP contribution in [0.25, 0.3) is 16.5 Å². The van der Waals surface area contributed by atoms with E-state index < -0.39 is 0 Å². The summed E-state index contributed by atoms with van der Waals surface area (Å²) in [4.78, 5) is 4.31. The van der Waals surface area contributed by atoms with Crippen molar-refractivity contribution in [3.63, 3.8) is 0 Å². The van der Waals surface area contributed by atoms with Gasteiger partial charge in [-0.05, 0) is 35.8 Å². The molecule has 18 heavy (non-hydrogen) atoms. The molecule has 0 aliphatic carbocycles. The lowest BCUT2D eigenvalue weighted by Crippen LogP contribution is -2.03. The Hall–Kier alpha value is -1.20. The molecule has 3 heterocycles. The maximum atomic E-state index is 5.38. The van der Waals surface area contributed by atoms with E-state index >= 15 is 0 Å². The van der Waals surface area contributed by atoms with Crippen LogP contribution in [0.4, 0.5) is 0 Å². The Morgan fingerprint density at radius 1 is 1.44 bits per heavy atom. The molecule has 0 unspecified atom stereocenters. The molecule has 0 fully saturated rings. The minimum absolute atomic E-state index is 0.318. The quantitative estimate of drug-likeness (QED) is 0.800. The Morgan fingerprint density at radius 2 is 2.28 bits per heavy atom. The Kier molecular flexibility index (Phi) is 2.95. The number of hydrogen-bond donors (Lipinski definition) is 0. The maximum Gasteiger partial charge on any atom is 0.108 e. The molecule has 1 aliphatic rings. The fraction of sp³-hybridized carbons (Fsp3) is 0.385. The number of nitrogens with zero attached hydrogens (tertiary/aromatic N) is 3. The standard InChI is InChI=1S/C13H14BrN3O/c1-8(2)17-11-5-12(14)15-6-10(11)13(16-17)9-3-4-18-7-9/h3,5-6,8H,4,7H2,1-2H3. The van der Waals surface area contributed by atoms with Crippen molar-refractivity contribution in [3.05, 3.63) is 28.6 Å². The predicted octanol–water partition coefficient (Wildman–Crippen LogP) is 3.19. The Balaban J connectivity index is 2.26. The van der Waals surface area contributed by atoms with Crippen molar-refractivity contribution in [2.75, 3.05) is 13.2 Å².